The molecule has 0 aromatic heterocycles. The molecule has 0 amide bonds. The van der Waals surface area contributed by atoms with E-state index < -0.39 is 0 Å². The van der Waals surface area contributed by atoms with Crippen LogP contribution < -0.4 is 9.47 Å². The van der Waals surface area contributed by atoms with Crippen molar-refractivity contribution >= 4 is 23.5 Å². The van der Waals surface area contributed by atoms with Crippen LogP contribution in [0.2, 0.25) is 0 Å². The number of ether oxygens (including phenoxy) is 2. The Labute approximate surface area is 115 Å². The third kappa shape index (κ3) is 1.85. The summed E-state index contributed by atoms with van der Waals surface area (Å²) < 4.78 is 10.8. The Morgan fingerprint density at radius 3 is 2.17 bits per heavy atom. The van der Waals surface area contributed by atoms with E-state index >= 15 is 0 Å². The zero-order chi connectivity index (χ0) is 12.5. The summed E-state index contributed by atoms with van der Waals surface area (Å²) in [6, 6.07) is 12.5. The van der Waals surface area contributed by atoms with Crippen LogP contribution in [0.3, 0.4) is 0 Å². The summed E-state index contributed by atoms with van der Waals surface area (Å²) >= 11 is 3.51. The average Bonchev–Trinajstić information content (AvgIpc) is 2.43. The lowest BCUT2D eigenvalue weighted by atomic mass is 10.3. The van der Waals surface area contributed by atoms with Crippen LogP contribution in [0.15, 0.2) is 56.0 Å². The molecule has 0 bridgehead atoms. The molecule has 0 atom stereocenters. The highest BCUT2D eigenvalue weighted by Crippen LogP contribution is 2.53. The van der Waals surface area contributed by atoms with E-state index in [1.165, 1.54) is 14.7 Å². The molecule has 18 heavy (non-hydrogen) atoms. The largest absolute Gasteiger partial charge is 0.493 e. The molecule has 3 rings (SSSR count). The van der Waals surface area contributed by atoms with Gasteiger partial charge in [-0.25, -0.2) is 0 Å². The summed E-state index contributed by atoms with van der Waals surface area (Å²) in [4.78, 5) is 4.92. The molecule has 0 N–H and O–H groups in total. The average molecular weight is 276 g/mol. The molecule has 4 heteroatoms. The van der Waals surface area contributed by atoms with Crippen molar-refractivity contribution < 1.29 is 9.47 Å². The maximum Gasteiger partial charge on any atom is 0.175 e. The Bertz CT molecular complexity index is 596. The van der Waals surface area contributed by atoms with E-state index in [0.717, 1.165) is 16.4 Å². The van der Waals surface area contributed by atoms with E-state index in [0.29, 0.717) is 0 Å². The number of methoxy groups -OCH3 is 2. The summed E-state index contributed by atoms with van der Waals surface area (Å²) in [5.41, 5.74) is 0. The van der Waals surface area contributed by atoms with Gasteiger partial charge in [0.2, 0.25) is 0 Å². The first-order chi connectivity index (χ1) is 8.83. The van der Waals surface area contributed by atoms with E-state index in [2.05, 4.69) is 30.3 Å². The fraction of sp³-hybridized carbons (Fsp3) is 0.143. The molecule has 0 aliphatic carbocycles. The molecule has 0 unspecified atom stereocenters. The lowest BCUT2D eigenvalue weighted by Crippen LogP contribution is -1.96. The van der Waals surface area contributed by atoms with Crippen molar-refractivity contribution in [2.45, 2.75) is 19.6 Å². The first kappa shape index (κ1) is 11.8. The minimum absolute atomic E-state index is 0.781. The molecule has 1 heterocycles. The van der Waals surface area contributed by atoms with E-state index in [1.54, 1.807) is 37.7 Å². The maximum absolute atomic E-state index is 5.49. The first-order valence-electron chi connectivity index (χ1n) is 5.53. The second-order valence-corrected chi connectivity index (χ2v) is 5.92. The molecule has 1 aliphatic heterocycles. The van der Waals surface area contributed by atoms with Crippen molar-refractivity contribution in [1.29, 1.82) is 0 Å². The monoisotopic (exact) mass is 276 g/mol. The minimum Gasteiger partial charge on any atom is -0.493 e. The van der Waals surface area contributed by atoms with Gasteiger partial charge in [0.25, 0.3) is 0 Å². The van der Waals surface area contributed by atoms with Gasteiger partial charge in [0.1, 0.15) is 0 Å². The van der Waals surface area contributed by atoms with Gasteiger partial charge in [0.15, 0.2) is 11.5 Å². The highest BCUT2D eigenvalue weighted by molar-refractivity contribution is 8.05. The van der Waals surface area contributed by atoms with Crippen LogP contribution in [0, 0.1) is 0 Å². The van der Waals surface area contributed by atoms with Crippen LogP contribution in [-0.2, 0) is 0 Å². The van der Waals surface area contributed by atoms with E-state index in [9.17, 15) is 0 Å². The third-order valence-electron chi connectivity index (χ3n) is 2.75. The third-order valence-corrected chi connectivity index (χ3v) is 5.32. The molecule has 2 aromatic carbocycles. The Morgan fingerprint density at radius 1 is 0.778 bits per heavy atom. The van der Waals surface area contributed by atoms with Crippen LogP contribution >= 0.6 is 23.5 Å². The van der Waals surface area contributed by atoms with Crippen molar-refractivity contribution in [2.75, 3.05) is 14.2 Å². The molecule has 2 aromatic rings. The van der Waals surface area contributed by atoms with E-state index in [4.69, 9.17) is 9.47 Å². The molecule has 92 valence electrons. The minimum atomic E-state index is 0.781. The summed E-state index contributed by atoms with van der Waals surface area (Å²) in [7, 11) is 3.35. The van der Waals surface area contributed by atoms with Gasteiger partial charge in [-0.05, 0) is 24.3 Å². The van der Waals surface area contributed by atoms with Crippen LogP contribution in [-0.4, -0.2) is 14.2 Å². The van der Waals surface area contributed by atoms with Gasteiger partial charge in [-0.15, -0.1) is 0 Å². The molecule has 0 saturated heterocycles. The second kappa shape index (κ2) is 4.78. The topological polar surface area (TPSA) is 18.5 Å². The molecular weight excluding hydrogens is 264 g/mol. The Balaban J connectivity index is 2.13. The smallest absolute Gasteiger partial charge is 0.175 e. The van der Waals surface area contributed by atoms with Crippen LogP contribution in [0.4, 0.5) is 0 Å². The zero-order valence-corrected chi connectivity index (χ0v) is 11.7. The van der Waals surface area contributed by atoms with Crippen molar-refractivity contribution in [1.82, 2.24) is 0 Å². The number of rotatable bonds is 2. The molecule has 0 saturated carbocycles. The summed E-state index contributed by atoms with van der Waals surface area (Å²) in [5.74, 6) is 1.60. The first-order valence-corrected chi connectivity index (χ1v) is 7.16. The number of hydrogen-bond donors (Lipinski definition) is 0. The molecular formula is C14H12O2S2. The quantitative estimate of drug-likeness (QED) is 0.693. The fourth-order valence-electron chi connectivity index (χ4n) is 1.90. The SMILES string of the molecule is COc1ccc2c(c1OC)Sc1ccccc1S2. The fourth-order valence-corrected chi connectivity index (χ4v) is 4.26. The molecule has 0 fully saturated rings. The van der Waals surface area contributed by atoms with Gasteiger partial charge in [0, 0.05) is 14.7 Å². The normalized spacial score (nSPS) is 12.6. The van der Waals surface area contributed by atoms with Crippen molar-refractivity contribution in [2.24, 2.45) is 0 Å². The number of hydrogen-bond acceptors (Lipinski definition) is 4. The van der Waals surface area contributed by atoms with Gasteiger partial charge in [-0.1, -0.05) is 35.7 Å². The van der Waals surface area contributed by atoms with Crippen LogP contribution in [0.25, 0.3) is 0 Å². The molecule has 0 spiro atoms. The van der Waals surface area contributed by atoms with Crippen molar-refractivity contribution in [3.63, 3.8) is 0 Å². The Hall–Kier alpha value is -1.26. The van der Waals surface area contributed by atoms with E-state index in [1.807, 2.05) is 6.07 Å². The summed E-state index contributed by atoms with van der Waals surface area (Å²) in [5, 5.41) is 0. The lowest BCUT2D eigenvalue weighted by molar-refractivity contribution is 0.346. The van der Waals surface area contributed by atoms with Crippen LogP contribution in [0.1, 0.15) is 0 Å². The Morgan fingerprint density at radius 2 is 1.50 bits per heavy atom. The zero-order valence-electron chi connectivity index (χ0n) is 10.1. The van der Waals surface area contributed by atoms with Crippen LogP contribution in [0.5, 0.6) is 11.5 Å². The summed E-state index contributed by atoms with van der Waals surface area (Å²) in [6.07, 6.45) is 0. The Kier molecular flexibility index (Phi) is 3.14. The lowest BCUT2D eigenvalue weighted by Gasteiger charge is -2.21. The number of fused-ring (bicyclic) bond motifs is 2. The standard InChI is InChI=1S/C14H12O2S2/c1-15-9-7-8-12-14(13(9)16-2)18-11-6-4-3-5-10(11)17-12/h3-8H,1-2H3. The highest BCUT2D eigenvalue weighted by atomic mass is 32.2. The molecule has 1 aliphatic rings. The summed E-state index contributed by atoms with van der Waals surface area (Å²) in [6.45, 7) is 0. The van der Waals surface area contributed by atoms with Gasteiger partial charge in [0.05, 0.1) is 19.1 Å². The molecule has 2 nitrogen and oxygen atoms in total. The van der Waals surface area contributed by atoms with E-state index in [-0.39, 0.29) is 0 Å². The van der Waals surface area contributed by atoms with Gasteiger partial charge < -0.3 is 9.47 Å². The predicted molar refractivity (Wildman–Crippen MR) is 74.2 cm³/mol. The van der Waals surface area contributed by atoms with Gasteiger partial charge in [-0.3, -0.25) is 0 Å². The second-order valence-electron chi connectivity index (χ2n) is 3.78. The highest BCUT2D eigenvalue weighted by Gasteiger charge is 2.22. The predicted octanol–water partition coefficient (Wildman–Crippen LogP) is 4.32. The maximum atomic E-state index is 5.49. The number of benzene rings is 2. The van der Waals surface area contributed by atoms with Gasteiger partial charge >= 0.3 is 0 Å². The van der Waals surface area contributed by atoms with Crippen molar-refractivity contribution in [3.8, 4) is 11.5 Å². The molecule has 0 radical (unpaired) electrons. The van der Waals surface area contributed by atoms with Gasteiger partial charge in [-0.2, -0.15) is 0 Å². The van der Waals surface area contributed by atoms with Crippen molar-refractivity contribution in [3.05, 3.63) is 36.4 Å².